The molecule has 2 rings (SSSR count). The molecule has 0 saturated carbocycles. The lowest BCUT2D eigenvalue weighted by molar-refractivity contribution is 0.379. The van der Waals surface area contributed by atoms with E-state index in [-0.39, 0.29) is 6.01 Å². The Kier molecular flexibility index (Phi) is 5.16. The minimum Gasteiger partial charge on any atom is -0.467 e. The monoisotopic (exact) mass is 307 g/mol. The van der Waals surface area contributed by atoms with Crippen LogP contribution in [0.5, 0.6) is 6.01 Å². The summed E-state index contributed by atoms with van der Waals surface area (Å²) in [4.78, 5) is 12.6. The Labute approximate surface area is 128 Å². The molecule has 0 radical (unpaired) electrons. The molecule has 112 valence electrons. The second-order valence-corrected chi connectivity index (χ2v) is 4.91. The van der Waals surface area contributed by atoms with E-state index in [9.17, 15) is 0 Å². The maximum Gasteiger partial charge on any atom is 0.322 e. The van der Waals surface area contributed by atoms with Gasteiger partial charge in [0.05, 0.1) is 17.8 Å². The van der Waals surface area contributed by atoms with Gasteiger partial charge in [0.1, 0.15) is 0 Å². The van der Waals surface area contributed by atoms with Crippen LogP contribution in [-0.4, -0.2) is 28.6 Å². The molecule has 0 unspecified atom stereocenters. The van der Waals surface area contributed by atoms with E-state index in [4.69, 9.17) is 16.3 Å². The van der Waals surface area contributed by atoms with Gasteiger partial charge in [-0.2, -0.15) is 15.0 Å². The summed E-state index contributed by atoms with van der Waals surface area (Å²) in [5.41, 5.74) is 1.82. The number of methoxy groups -OCH3 is 1. The Morgan fingerprint density at radius 2 is 1.95 bits per heavy atom. The fraction of sp³-hybridized carbons (Fsp3) is 0.357. The van der Waals surface area contributed by atoms with E-state index in [2.05, 4.69) is 32.5 Å². The van der Waals surface area contributed by atoms with Gasteiger partial charge in [0.25, 0.3) is 0 Å². The fourth-order valence-electron chi connectivity index (χ4n) is 1.66. The van der Waals surface area contributed by atoms with E-state index in [0.29, 0.717) is 16.9 Å². The molecule has 1 aromatic carbocycles. The van der Waals surface area contributed by atoms with Crippen LogP contribution >= 0.6 is 11.6 Å². The van der Waals surface area contributed by atoms with Gasteiger partial charge in [-0.3, -0.25) is 0 Å². The van der Waals surface area contributed by atoms with Gasteiger partial charge < -0.3 is 15.4 Å². The van der Waals surface area contributed by atoms with Gasteiger partial charge in [-0.15, -0.1) is 0 Å². The molecular weight excluding hydrogens is 290 g/mol. The van der Waals surface area contributed by atoms with E-state index in [1.807, 2.05) is 25.1 Å². The number of hydrogen-bond acceptors (Lipinski definition) is 6. The van der Waals surface area contributed by atoms with Crippen LogP contribution in [0, 0.1) is 6.92 Å². The predicted octanol–water partition coefficient (Wildman–Crippen LogP) is 3.41. The topological polar surface area (TPSA) is 72.0 Å². The lowest BCUT2D eigenvalue weighted by atomic mass is 10.2. The summed E-state index contributed by atoms with van der Waals surface area (Å²) in [7, 11) is 1.52. The van der Waals surface area contributed by atoms with E-state index in [1.165, 1.54) is 7.11 Å². The van der Waals surface area contributed by atoms with E-state index in [0.717, 1.165) is 24.2 Å². The third-order valence-corrected chi connectivity index (χ3v) is 3.01. The number of anilines is 3. The molecule has 0 aliphatic rings. The van der Waals surface area contributed by atoms with Crippen molar-refractivity contribution in [2.45, 2.75) is 20.3 Å². The number of halogens is 1. The highest BCUT2D eigenvalue weighted by molar-refractivity contribution is 6.33. The van der Waals surface area contributed by atoms with Gasteiger partial charge in [-0.05, 0) is 31.0 Å². The minimum absolute atomic E-state index is 0.245. The van der Waals surface area contributed by atoms with Crippen LogP contribution in [0.15, 0.2) is 18.2 Å². The molecule has 0 atom stereocenters. The summed E-state index contributed by atoms with van der Waals surface area (Å²) in [5.74, 6) is 0.848. The van der Waals surface area contributed by atoms with Crippen LogP contribution < -0.4 is 15.4 Å². The van der Waals surface area contributed by atoms with Crippen molar-refractivity contribution in [1.82, 2.24) is 15.0 Å². The van der Waals surface area contributed by atoms with Gasteiger partial charge in [0.15, 0.2) is 0 Å². The molecule has 0 fully saturated rings. The zero-order chi connectivity index (χ0) is 15.2. The van der Waals surface area contributed by atoms with Crippen LogP contribution in [-0.2, 0) is 0 Å². The lowest BCUT2D eigenvalue weighted by Crippen LogP contribution is -2.09. The Morgan fingerprint density at radius 3 is 2.62 bits per heavy atom. The molecule has 1 aromatic heterocycles. The second-order valence-electron chi connectivity index (χ2n) is 4.50. The molecule has 0 aliphatic heterocycles. The first-order chi connectivity index (χ1) is 10.1. The molecule has 7 heteroatoms. The number of hydrogen-bond donors (Lipinski definition) is 2. The van der Waals surface area contributed by atoms with Crippen molar-refractivity contribution in [3.05, 3.63) is 28.8 Å². The third-order valence-electron chi connectivity index (χ3n) is 2.70. The number of ether oxygens (including phenoxy) is 1. The highest BCUT2D eigenvalue weighted by Gasteiger charge is 2.08. The number of nitrogens with one attached hydrogen (secondary N) is 2. The predicted molar refractivity (Wildman–Crippen MR) is 84.6 cm³/mol. The molecule has 6 nitrogen and oxygen atoms in total. The Balaban J connectivity index is 2.25. The average molecular weight is 308 g/mol. The van der Waals surface area contributed by atoms with Gasteiger partial charge in [0.2, 0.25) is 11.9 Å². The van der Waals surface area contributed by atoms with Crippen molar-refractivity contribution >= 4 is 29.2 Å². The normalized spacial score (nSPS) is 10.3. The van der Waals surface area contributed by atoms with Gasteiger partial charge in [-0.1, -0.05) is 24.6 Å². The van der Waals surface area contributed by atoms with Gasteiger partial charge in [-0.25, -0.2) is 0 Å². The first-order valence-corrected chi connectivity index (χ1v) is 7.07. The molecular formula is C14H18ClN5O. The summed E-state index contributed by atoms with van der Waals surface area (Å²) >= 11 is 6.20. The number of benzene rings is 1. The molecule has 1 heterocycles. The van der Waals surface area contributed by atoms with E-state index >= 15 is 0 Å². The standard InChI is InChI=1S/C14H18ClN5O/c1-4-7-16-12-18-13(20-14(19-12)21-3)17-11-6-5-9(2)8-10(11)15/h5-6,8H,4,7H2,1-3H3,(H2,16,17,18,19,20). The smallest absolute Gasteiger partial charge is 0.322 e. The molecule has 0 aliphatic carbocycles. The van der Waals surface area contributed by atoms with Crippen LogP contribution in [0.2, 0.25) is 5.02 Å². The van der Waals surface area contributed by atoms with Crippen LogP contribution in [0.25, 0.3) is 0 Å². The Morgan fingerprint density at radius 1 is 1.19 bits per heavy atom. The molecule has 0 spiro atoms. The SMILES string of the molecule is CCCNc1nc(Nc2ccc(C)cc2Cl)nc(OC)n1. The summed E-state index contributed by atoms with van der Waals surface area (Å²) in [6.45, 7) is 4.82. The number of nitrogens with zero attached hydrogens (tertiary/aromatic N) is 3. The summed E-state index contributed by atoms with van der Waals surface area (Å²) in [5, 5.41) is 6.79. The first kappa shape index (κ1) is 15.3. The molecule has 21 heavy (non-hydrogen) atoms. The minimum atomic E-state index is 0.245. The summed E-state index contributed by atoms with van der Waals surface area (Å²) in [6, 6.07) is 5.96. The summed E-state index contributed by atoms with van der Waals surface area (Å²) in [6.07, 6.45) is 0.973. The zero-order valence-electron chi connectivity index (χ0n) is 12.3. The molecule has 0 amide bonds. The highest BCUT2D eigenvalue weighted by Crippen LogP contribution is 2.25. The third kappa shape index (κ3) is 4.19. The van der Waals surface area contributed by atoms with Gasteiger partial charge in [0, 0.05) is 6.54 Å². The Hall–Kier alpha value is -2.08. The Bertz CT molecular complexity index is 620. The van der Waals surface area contributed by atoms with Crippen LogP contribution in [0.4, 0.5) is 17.6 Å². The van der Waals surface area contributed by atoms with Crippen molar-refractivity contribution in [3.63, 3.8) is 0 Å². The van der Waals surface area contributed by atoms with Crippen molar-refractivity contribution in [3.8, 4) is 6.01 Å². The number of rotatable bonds is 6. The average Bonchev–Trinajstić information content (AvgIpc) is 2.48. The van der Waals surface area contributed by atoms with E-state index < -0.39 is 0 Å². The zero-order valence-corrected chi connectivity index (χ0v) is 13.0. The van der Waals surface area contributed by atoms with Gasteiger partial charge >= 0.3 is 6.01 Å². The van der Waals surface area contributed by atoms with Crippen molar-refractivity contribution in [2.24, 2.45) is 0 Å². The quantitative estimate of drug-likeness (QED) is 0.852. The van der Waals surface area contributed by atoms with Crippen molar-refractivity contribution in [1.29, 1.82) is 0 Å². The maximum absolute atomic E-state index is 6.20. The van der Waals surface area contributed by atoms with Crippen LogP contribution in [0.3, 0.4) is 0 Å². The fourth-order valence-corrected chi connectivity index (χ4v) is 1.94. The molecule has 0 saturated heterocycles. The second kappa shape index (κ2) is 7.08. The highest BCUT2D eigenvalue weighted by atomic mass is 35.5. The molecule has 0 bridgehead atoms. The van der Waals surface area contributed by atoms with Crippen LogP contribution in [0.1, 0.15) is 18.9 Å². The van der Waals surface area contributed by atoms with E-state index in [1.54, 1.807) is 0 Å². The molecule has 2 aromatic rings. The molecule has 2 N–H and O–H groups in total. The lowest BCUT2D eigenvalue weighted by Gasteiger charge is -2.10. The van der Waals surface area contributed by atoms with Crippen molar-refractivity contribution in [2.75, 3.05) is 24.3 Å². The van der Waals surface area contributed by atoms with Crippen molar-refractivity contribution < 1.29 is 4.74 Å². The summed E-state index contributed by atoms with van der Waals surface area (Å²) < 4.78 is 5.09. The number of aromatic nitrogens is 3. The largest absolute Gasteiger partial charge is 0.467 e. The number of aryl methyl sites for hydroxylation is 1. The first-order valence-electron chi connectivity index (χ1n) is 6.69. The maximum atomic E-state index is 6.20.